The number of aliphatic hydroxyl groups is 1. The first-order valence-electron chi connectivity index (χ1n) is 7.33. The second kappa shape index (κ2) is 10.9. The first kappa shape index (κ1) is 22.3. The number of rotatable bonds is 11. The van der Waals surface area contributed by atoms with Crippen LogP contribution in [0.1, 0.15) is 19.8 Å². The number of hydrogen-bond donors (Lipinski definition) is 7. The summed E-state index contributed by atoms with van der Waals surface area (Å²) in [5.74, 6) is -4.32. The molecule has 0 aliphatic heterocycles. The standard InChI is InChI=1S/C13H23N5O7/c1-6(13(24)25)17-10(21)4-16-12(23)8(2-3-9(15)20)18-11(22)7(14)5-19/h6-8,19H,2-5,14H2,1H3,(H2,15,20)(H,16,23)(H,17,21)(H,18,22)(H,24,25). The Hall–Kier alpha value is -2.73. The summed E-state index contributed by atoms with van der Waals surface area (Å²) in [6.07, 6.45) is -0.354. The van der Waals surface area contributed by atoms with Crippen LogP contribution in [0.15, 0.2) is 0 Å². The van der Waals surface area contributed by atoms with Crippen molar-refractivity contribution < 1.29 is 34.2 Å². The summed E-state index contributed by atoms with van der Waals surface area (Å²) >= 11 is 0. The topological polar surface area (TPSA) is 214 Å². The van der Waals surface area contributed by atoms with Crippen molar-refractivity contribution in [3.63, 3.8) is 0 Å². The van der Waals surface area contributed by atoms with Gasteiger partial charge in [0.05, 0.1) is 13.2 Å². The van der Waals surface area contributed by atoms with E-state index in [4.69, 9.17) is 21.7 Å². The molecule has 0 bridgehead atoms. The number of nitrogens with one attached hydrogen (secondary N) is 3. The highest BCUT2D eigenvalue weighted by Crippen LogP contribution is 1.98. The zero-order chi connectivity index (χ0) is 19.6. The Labute approximate surface area is 143 Å². The Kier molecular flexibility index (Phi) is 9.74. The smallest absolute Gasteiger partial charge is 0.325 e. The highest BCUT2D eigenvalue weighted by atomic mass is 16.4. The summed E-state index contributed by atoms with van der Waals surface area (Å²) in [6, 6.07) is -3.61. The molecule has 25 heavy (non-hydrogen) atoms. The monoisotopic (exact) mass is 361 g/mol. The van der Waals surface area contributed by atoms with Gasteiger partial charge in [-0.1, -0.05) is 0 Å². The first-order valence-corrected chi connectivity index (χ1v) is 7.33. The van der Waals surface area contributed by atoms with Gasteiger partial charge in [0.1, 0.15) is 18.1 Å². The number of aliphatic hydroxyl groups excluding tert-OH is 1. The Bertz CT molecular complexity index is 525. The average Bonchev–Trinajstić information content (AvgIpc) is 2.54. The Balaban J connectivity index is 4.69. The second-order valence-electron chi connectivity index (χ2n) is 5.20. The molecule has 3 unspecified atom stereocenters. The molecule has 4 amide bonds. The largest absolute Gasteiger partial charge is 0.480 e. The van der Waals surface area contributed by atoms with Gasteiger partial charge in [-0.25, -0.2) is 0 Å². The number of primary amides is 1. The molecule has 0 aromatic carbocycles. The van der Waals surface area contributed by atoms with Gasteiger partial charge < -0.3 is 37.6 Å². The molecule has 0 aromatic rings. The zero-order valence-electron chi connectivity index (χ0n) is 13.7. The van der Waals surface area contributed by atoms with Crippen LogP contribution < -0.4 is 27.4 Å². The lowest BCUT2D eigenvalue weighted by Gasteiger charge is -2.19. The molecule has 142 valence electrons. The maximum Gasteiger partial charge on any atom is 0.325 e. The van der Waals surface area contributed by atoms with E-state index in [-0.39, 0.29) is 12.8 Å². The second-order valence-corrected chi connectivity index (χ2v) is 5.20. The van der Waals surface area contributed by atoms with Crippen molar-refractivity contribution in [2.75, 3.05) is 13.2 Å². The van der Waals surface area contributed by atoms with Crippen LogP contribution in [0.3, 0.4) is 0 Å². The van der Waals surface area contributed by atoms with Crippen LogP contribution in [0.2, 0.25) is 0 Å². The van der Waals surface area contributed by atoms with Crippen LogP contribution in [0.25, 0.3) is 0 Å². The fourth-order valence-corrected chi connectivity index (χ4v) is 1.56. The maximum atomic E-state index is 12.0. The molecule has 3 atom stereocenters. The molecule has 0 spiro atoms. The minimum absolute atomic E-state index is 0.141. The van der Waals surface area contributed by atoms with Crippen molar-refractivity contribution in [2.24, 2.45) is 11.5 Å². The Morgan fingerprint density at radius 1 is 1.08 bits per heavy atom. The quantitative estimate of drug-likeness (QED) is 0.191. The van der Waals surface area contributed by atoms with E-state index in [1.165, 1.54) is 6.92 Å². The van der Waals surface area contributed by atoms with E-state index in [0.29, 0.717) is 0 Å². The molecule has 0 aromatic heterocycles. The molecule has 12 nitrogen and oxygen atoms in total. The first-order chi connectivity index (χ1) is 11.6. The minimum Gasteiger partial charge on any atom is -0.480 e. The van der Waals surface area contributed by atoms with Gasteiger partial charge in [-0.05, 0) is 13.3 Å². The van der Waals surface area contributed by atoms with Crippen LogP contribution in [0.4, 0.5) is 0 Å². The number of nitrogens with two attached hydrogens (primary N) is 2. The third kappa shape index (κ3) is 9.22. The molecule has 0 aliphatic carbocycles. The van der Waals surface area contributed by atoms with Crippen LogP contribution in [-0.4, -0.2) is 71.1 Å². The molecule has 0 radical (unpaired) electrons. The Morgan fingerprint density at radius 3 is 2.16 bits per heavy atom. The molecule has 0 aliphatic rings. The predicted octanol–water partition coefficient (Wildman–Crippen LogP) is -4.24. The summed E-state index contributed by atoms with van der Waals surface area (Å²) in [4.78, 5) is 56.7. The van der Waals surface area contributed by atoms with Crippen molar-refractivity contribution in [1.82, 2.24) is 16.0 Å². The van der Waals surface area contributed by atoms with Crippen LogP contribution in [0.5, 0.6) is 0 Å². The third-order valence-corrected chi connectivity index (χ3v) is 3.02. The summed E-state index contributed by atoms with van der Waals surface area (Å²) in [5.41, 5.74) is 10.3. The van der Waals surface area contributed by atoms with E-state index in [0.717, 1.165) is 0 Å². The van der Waals surface area contributed by atoms with E-state index in [1.807, 2.05) is 0 Å². The van der Waals surface area contributed by atoms with E-state index in [9.17, 15) is 24.0 Å². The van der Waals surface area contributed by atoms with E-state index < -0.39 is 60.9 Å². The zero-order valence-corrected chi connectivity index (χ0v) is 13.7. The van der Waals surface area contributed by atoms with Crippen molar-refractivity contribution >= 4 is 29.6 Å². The molecule has 0 saturated carbocycles. The van der Waals surface area contributed by atoms with Crippen molar-refractivity contribution in [2.45, 2.75) is 37.9 Å². The van der Waals surface area contributed by atoms with Crippen molar-refractivity contribution in [3.8, 4) is 0 Å². The summed E-state index contributed by atoms with van der Waals surface area (Å²) in [5, 5.41) is 24.0. The summed E-state index contributed by atoms with van der Waals surface area (Å²) in [7, 11) is 0. The number of carbonyl (C=O) groups is 5. The minimum atomic E-state index is -1.26. The van der Waals surface area contributed by atoms with E-state index >= 15 is 0 Å². The number of carbonyl (C=O) groups excluding carboxylic acids is 4. The fourth-order valence-electron chi connectivity index (χ4n) is 1.56. The lowest BCUT2D eigenvalue weighted by atomic mass is 10.1. The number of carboxylic acids is 1. The van der Waals surface area contributed by atoms with E-state index in [2.05, 4.69) is 16.0 Å². The third-order valence-electron chi connectivity index (χ3n) is 3.02. The van der Waals surface area contributed by atoms with Crippen molar-refractivity contribution in [3.05, 3.63) is 0 Å². The summed E-state index contributed by atoms with van der Waals surface area (Å²) in [6.45, 7) is 0.0607. The van der Waals surface area contributed by atoms with Gasteiger partial charge in [-0.2, -0.15) is 0 Å². The Morgan fingerprint density at radius 2 is 1.68 bits per heavy atom. The fraction of sp³-hybridized carbons (Fsp3) is 0.615. The number of hydrogen-bond acceptors (Lipinski definition) is 7. The van der Waals surface area contributed by atoms with Gasteiger partial charge in [-0.3, -0.25) is 24.0 Å². The molecular formula is C13H23N5O7. The number of aliphatic carboxylic acids is 1. The van der Waals surface area contributed by atoms with Gasteiger partial charge in [0.25, 0.3) is 0 Å². The van der Waals surface area contributed by atoms with Gasteiger partial charge in [-0.15, -0.1) is 0 Å². The predicted molar refractivity (Wildman–Crippen MR) is 83.7 cm³/mol. The van der Waals surface area contributed by atoms with Crippen LogP contribution >= 0.6 is 0 Å². The summed E-state index contributed by atoms with van der Waals surface area (Å²) < 4.78 is 0. The average molecular weight is 361 g/mol. The van der Waals surface area contributed by atoms with Gasteiger partial charge >= 0.3 is 5.97 Å². The van der Waals surface area contributed by atoms with Crippen molar-refractivity contribution in [1.29, 1.82) is 0 Å². The lowest BCUT2D eigenvalue weighted by molar-refractivity contribution is -0.141. The highest BCUT2D eigenvalue weighted by Gasteiger charge is 2.24. The molecule has 0 fully saturated rings. The molecular weight excluding hydrogens is 338 g/mol. The van der Waals surface area contributed by atoms with E-state index in [1.54, 1.807) is 0 Å². The lowest BCUT2D eigenvalue weighted by Crippen LogP contribution is -2.54. The van der Waals surface area contributed by atoms with Gasteiger partial charge in [0, 0.05) is 6.42 Å². The highest BCUT2D eigenvalue weighted by molar-refractivity contribution is 5.92. The number of carboxylic acid groups (broad SMARTS) is 1. The molecule has 9 N–H and O–H groups in total. The van der Waals surface area contributed by atoms with Gasteiger partial charge in [0.2, 0.25) is 23.6 Å². The van der Waals surface area contributed by atoms with Gasteiger partial charge in [0.15, 0.2) is 0 Å². The molecule has 12 heteroatoms. The van der Waals surface area contributed by atoms with Crippen LogP contribution in [-0.2, 0) is 24.0 Å². The normalized spacial score (nSPS) is 13.9. The molecule has 0 saturated heterocycles. The maximum absolute atomic E-state index is 12.0. The molecule has 0 rings (SSSR count). The SMILES string of the molecule is CC(NC(=O)CNC(=O)C(CCC(N)=O)NC(=O)C(N)CO)C(=O)O. The number of amides is 4. The molecule has 0 heterocycles. The van der Waals surface area contributed by atoms with Crippen LogP contribution in [0, 0.1) is 0 Å².